The molecule has 3 N–H and O–H groups in total. The summed E-state index contributed by atoms with van der Waals surface area (Å²) in [5, 5.41) is 3.87. The van der Waals surface area contributed by atoms with Crippen molar-refractivity contribution in [2.45, 2.75) is 46.6 Å². The zero-order valence-corrected chi connectivity index (χ0v) is 13.5. The maximum absolute atomic E-state index is 12.5. The third-order valence-electron chi connectivity index (χ3n) is 3.47. The molecule has 1 aromatic heterocycles. The summed E-state index contributed by atoms with van der Waals surface area (Å²) < 4.78 is 0. The lowest BCUT2D eigenvalue weighted by atomic mass is 9.81. The first-order valence-electron chi connectivity index (χ1n) is 6.40. The van der Waals surface area contributed by atoms with Crippen LogP contribution in [0.1, 0.15) is 49.5 Å². The van der Waals surface area contributed by atoms with Crippen LogP contribution in [-0.2, 0) is 4.79 Å². The predicted molar refractivity (Wildman–Crippen MR) is 83.2 cm³/mol. The molecule has 1 heterocycles. The van der Waals surface area contributed by atoms with Crippen molar-refractivity contribution >= 4 is 34.5 Å². The van der Waals surface area contributed by atoms with Gasteiger partial charge in [0.1, 0.15) is 5.01 Å². The van der Waals surface area contributed by atoms with Gasteiger partial charge >= 0.3 is 0 Å². The van der Waals surface area contributed by atoms with E-state index in [1.807, 2.05) is 33.9 Å². The number of nitrogens with one attached hydrogen (secondary N) is 1. The van der Waals surface area contributed by atoms with E-state index in [4.69, 9.17) is 18.0 Å². The first-order valence-corrected chi connectivity index (χ1v) is 7.63. The zero-order valence-electron chi connectivity index (χ0n) is 11.8. The van der Waals surface area contributed by atoms with Crippen molar-refractivity contribution in [3.8, 4) is 0 Å². The number of amides is 1. The lowest BCUT2D eigenvalue weighted by Gasteiger charge is -2.30. The fourth-order valence-electron chi connectivity index (χ4n) is 2.00. The van der Waals surface area contributed by atoms with E-state index in [2.05, 4.69) is 10.3 Å². The zero-order chi connectivity index (χ0) is 14.6. The number of carbonyl (C=O) groups excluding carboxylic acids is 1. The molecule has 1 atom stereocenters. The number of nitrogens with zero attached hydrogens (tertiary/aromatic N) is 1. The van der Waals surface area contributed by atoms with E-state index in [0.717, 1.165) is 9.88 Å². The van der Waals surface area contributed by atoms with Crippen molar-refractivity contribution in [3.05, 3.63) is 16.1 Å². The van der Waals surface area contributed by atoms with Gasteiger partial charge in [-0.15, -0.1) is 11.3 Å². The van der Waals surface area contributed by atoms with E-state index in [-0.39, 0.29) is 16.9 Å². The Morgan fingerprint density at radius 2 is 2.16 bits per heavy atom. The molecule has 0 radical (unpaired) electrons. The summed E-state index contributed by atoms with van der Waals surface area (Å²) in [6.45, 7) is 7.78. The predicted octanol–water partition coefficient (Wildman–Crippen LogP) is 2.72. The Labute approximate surface area is 123 Å². The van der Waals surface area contributed by atoms with Crippen LogP contribution in [0.3, 0.4) is 0 Å². The normalized spacial score (nSPS) is 13.1. The number of aromatic nitrogens is 1. The van der Waals surface area contributed by atoms with E-state index in [9.17, 15) is 4.79 Å². The van der Waals surface area contributed by atoms with Crippen LogP contribution >= 0.6 is 23.6 Å². The summed E-state index contributed by atoms with van der Waals surface area (Å²) >= 11 is 6.66. The van der Waals surface area contributed by atoms with E-state index < -0.39 is 5.41 Å². The van der Waals surface area contributed by atoms with Gasteiger partial charge in [0.15, 0.2) is 0 Å². The minimum atomic E-state index is -0.754. The number of hydrogen-bond acceptors (Lipinski definition) is 4. The summed E-state index contributed by atoms with van der Waals surface area (Å²) in [4.78, 5) is 18.1. The Balaban J connectivity index is 2.86. The second-order valence-corrected chi connectivity index (χ2v) is 6.36. The molecule has 0 spiro atoms. The molecule has 1 amide bonds. The molecule has 19 heavy (non-hydrogen) atoms. The molecule has 6 heteroatoms. The Bertz CT molecular complexity index is 466. The molecule has 0 aliphatic carbocycles. The molecule has 0 aromatic carbocycles. The van der Waals surface area contributed by atoms with Crippen LogP contribution < -0.4 is 11.1 Å². The lowest BCUT2D eigenvalue weighted by molar-refractivity contribution is -0.128. The fraction of sp³-hybridized carbons (Fsp3) is 0.615. The topological polar surface area (TPSA) is 68.0 Å². The van der Waals surface area contributed by atoms with Gasteiger partial charge in [0.2, 0.25) is 5.91 Å². The monoisotopic (exact) mass is 299 g/mol. The van der Waals surface area contributed by atoms with Crippen molar-refractivity contribution < 1.29 is 4.79 Å². The van der Waals surface area contributed by atoms with Crippen LogP contribution in [0.2, 0.25) is 0 Å². The smallest absolute Gasteiger partial charge is 0.233 e. The highest BCUT2D eigenvalue weighted by Crippen LogP contribution is 2.29. The van der Waals surface area contributed by atoms with Gasteiger partial charge in [-0.3, -0.25) is 4.79 Å². The molecule has 1 rings (SSSR count). The van der Waals surface area contributed by atoms with Crippen LogP contribution in [0.4, 0.5) is 0 Å². The number of thiazole rings is 1. The van der Waals surface area contributed by atoms with Crippen molar-refractivity contribution in [2.24, 2.45) is 11.1 Å². The third kappa shape index (κ3) is 3.30. The Morgan fingerprint density at radius 3 is 2.53 bits per heavy atom. The van der Waals surface area contributed by atoms with Gasteiger partial charge in [-0.25, -0.2) is 4.98 Å². The van der Waals surface area contributed by atoms with Gasteiger partial charge in [0.25, 0.3) is 0 Å². The number of rotatable bonds is 6. The molecule has 0 saturated carbocycles. The van der Waals surface area contributed by atoms with Crippen molar-refractivity contribution in [1.29, 1.82) is 0 Å². The highest BCUT2D eigenvalue weighted by atomic mass is 32.1. The highest BCUT2D eigenvalue weighted by molar-refractivity contribution is 7.80. The van der Waals surface area contributed by atoms with Gasteiger partial charge < -0.3 is 11.1 Å². The number of hydrogen-bond donors (Lipinski definition) is 2. The molecule has 4 nitrogen and oxygen atoms in total. The van der Waals surface area contributed by atoms with E-state index in [1.165, 1.54) is 0 Å². The van der Waals surface area contributed by atoms with Crippen LogP contribution in [0, 0.1) is 12.3 Å². The summed E-state index contributed by atoms with van der Waals surface area (Å²) in [5.74, 6) is -0.106. The summed E-state index contributed by atoms with van der Waals surface area (Å²) in [7, 11) is 0. The van der Waals surface area contributed by atoms with Gasteiger partial charge in [0, 0.05) is 11.1 Å². The van der Waals surface area contributed by atoms with Crippen molar-refractivity contribution in [2.75, 3.05) is 0 Å². The first-order chi connectivity index (χ1) is 8.87. The van der Waals surface area contributed by atoms with Gasteiger partial charge in [-0.05, 0) is 26.7 Å². The molecule has 0 bridgehead atoms. The van der Waals surface area contributed by atoms with Crippen LogP contribution in [-0.4, -0.2) is 15.9 Å². The highest BCUT2D eigenvalue weighted by Gasteiger charge is 2.38. The number of thiocarbonyl (C=S) groups is 1. The molecule has 1 aromatic rings. The lowest BCUT2D eigenvalue weighted by Crippen LogP contribution is -2.48. The third-order valence-corrected chi connectivity index (χ3v) is 4.96. The molecule has 1 unspecified atom stereocenters. The van der Waals surface area contributed by atoms with Crippen LogP contribution in [0.25, 0.3) is 0 Å². The second kappa shape index (κ2) is 6.43. The fourth-order valence-corrected chi connectivity index (χ4v) is 3.16. The minimum Gasteiger partial charge on any atom is -0.392 e. The van der Waals surface area contributed by atoms with E-state index in [0.29, 0.717) is 12.8 Å². The second-order valence-electron chi connectivity index (χ2n) is 4.66. The SMILES string of the molecule is CCC(CC)(C(=O)NC(C)c1ncc(C)s1)C(N)=S. The van der Waals surface area contributed by atoms with Gasteiger partial charge in [0.05, 0.1) is 16.4 Å². The number of aryl methyl sites for hydroxylation is 1. The minimum absolute atomic E-state index is 0.106. The van der Waals surface area contributed by atoms with E-state index in [1.54, 1.807) is 11.3 Å². The largest absolute Gasteiger partial charge is 0.392 e. The average molecular weight is 299 g/mol. The molecule has 0 aliphatic heterocycles. The average Bonchev–Trinajstić information content (AvgIpc) is 2.77. The Morgan fingerprint density at radius 1 is 1.58 bits per heavy atom. The van der Waals surface area contributed by atoms with Crippen molar-refractivity contribution in [3.63, 3.8) is 0 Å². The first kappa shape index (κ1) is 16.0. The number of carbonyl (C=O) groups is 1. The Kier molecular flexibility index (Phi) is 5.43. The van der Waals surface area contributed by atoms with Gasteiger partial charge in [-0.2, -0.15) is 0 Å². The van der Waals surface area contributed by atoms with Crippen LogP contribution in [0.15, 0.2) is 6.20 Å². The molecule has 106 valence electrons. The maximum atomic E-state index is 12.5. The van der Waals surface area contributed by atoms with Crippen molar-refractivity contribution in [1.82, 2.24) is 10.3 Å². The molecule has 0 aliphatic rings. The molecular formula is C13H21N3OS2. The summed E-state index contributed by atoms with van der Waals surface area (Å²) in [6, 6.07) is -0.127. The molecule has 0 fully saturated rings. The molecule has 0 saturated heterocycles. The quantitative estimate of drug-likeness (QED) is 0.793. The summed E-state index contributed by atoms with van der Waals surface area (Å²) in [5.41, 5.74) is 5.02. The Hall–Kier alpha value is -1.01. The number of nitrogens with two attached hydrogens (primary N) is 1. The van der Waals surface area contributed by atoms with Crippen LogP contribution in [0.5, 0.6) is 0 Å². The maximum Gasteiger partial charge on any atom is 0.233 e. The van der Waals surface area contributed by atoms with E-state index >= 15 is 0 Å². The standard InChI is InChI=1S/C13H21N3OS2/c1-5-13(6-2,11(14)18)12(17)16-9(4)10-15-7-8(3)19-10/h7,9H,5-6H2,1-4H3,(H2,14,18)(H,16,17). The van der Waals surface area contributed by atoms with Gasteiger partial charge in [-0.1, -0.05) is 26.1 Å². The molecular weight excluding hydrogens is 278 g/mol. The summed E-state index contributed by atoms with van der Waals surface area (Å²) in [6.07, 6.45) is 3.02.